The molecule has 0 saturated carbocycles. The monoisotopic (exact) mass is 269 g/mol. The van der Waals surface area contributed by atoms with Crippen molar-refractivity contribution in [2.24, 2.45) is 0 Å². The first kappa shape index (κ1) is 14.5. The molecule has 0 aliphatic rings. The smallest absolute Gasteiger partial charge is 0.407 e. The van der Waals surface area contributed by atoms with Crippen molar-refractivity contribution in [1.82, 2.24) is 5.32 Å². The average Bonchev–Trinajstić information content (AvgIpc) is 2.23. The Morgan fingerprint density at radius 2 is 2.06 bits per heavy atom. The van der Waals surface area contributed by atoms with Gasteiger partial charge in [-0.25, -0.2) is 4.79 Å². The highest BCUT2D eigenvalue weighted by Gasteiger charge is 2.15. The van der Waals surface area contributed by atoms with Crippen LogP contribution in [0, 0.1) is 0 Å². The van der Waals surface area contributed by atoms with Crippen LogP contribution in [-0.4, -0.2) is 18.0 Å². The summed E-state index contributed by atoms with van der Waals surface area (Å²) >= 11 is 5.85. The van der Waals surface area contributed by atoms with E-state index in [1.54, 1.807) is 39.0 Å². The molecule has 0 radical (unpaired) electrons. The van der Waals surface area contributed by atoms with Crippen molar-refractivity contribution in [2.75, 3.05) is 0 Å². The lowest BCUT2D eigenvalue weighted by Crippen LogP contribution is -2.32. The summed E-state index contributed by atoms with van der Waals surface area (Å²) in [5.74, 6) is 0. The number of hydrogen-bond donors (Lipinski definition) is 1. The fourth-order valence-electron chi connectivity index (χ4n) is 1.33. The Morgan fingerprint density at radius 3 is 2.61 bits per heavy atom. The van der Waals surface area contributed by atoms with Gasteiger partial charge < -0.3 is 10.1 Å². The largest absolute Gasteiger partial charge is 0.444 e. The topological polar surface area (TPSA) is 55.4 Å². The number of amides is 1. The number of carbonyl (C=O) groups excluding carboxylic acids is 2. The number of benzene rings is 1. The molecule has 5 heteroatoms. The second-order valence-electron chi connectivity index (χ2n) is 4.87. The van der Waals surface area contributed by atoms with E-state index in [9.17, 15) is 9.59 Å². The fourth-order valence-corrected chi connectivity index (χ4v) is 1.60. The molecule has 1 rings (SSSR count). The van der Waals surface area contributed by atoms with E-state index < -0.39 is 11.7 Å². The number of alkyl carbamates (subject to hydrolysis) is 1. The molecule has 98 valence electrons. The number of carbonyl (C=O) groups is 2. The second kappa shape index (κ2) is 5.87. The number of halogens is 1. The molecule has 1 N–H and O–H groups in total. The summed E-state index contributed by atoms with van der Waals surface area (Å²) in [5, 5.41) is 3.06. The van der Waals surface area contributed by atoms with Crippen LogP contribution in [0.5, 0.6) is 0 Å². The molecule has 4 nitrogen and oxygen atoms in total. The van der Waals surface area contributed by atoms with Gasteiger partial charge in [0.25, 0.3) is 0 Å². The van der Waals surface area contributed by atoms with Gasteiger partial charge in [-0.05, 0) is 44.5 Å². The molecule has 1 amide bonds. The van der Waals surface area contributed by atoms with E-state index in [2.05, 4.69) is 5.32 Å². The summed E-state index contributed by atoms with van der Waals surface area (Å²) in [6, 6.07) is 4.91. The van der Waals surface area contributed by atoms with Crippen molar-refractivity contribution in [3.8, 4) is 0 Å². The zero-order valence-electron chi connectivity index (χ0n) is 10.6. The normalized spacial score (nSPS) is 10.9. The van der Waals surface area contributed by atoms with Crippen LogP contribution in [0.4, 0.5) is 4.79 Å². The van der Waals surface area contributed by atoms with Crippen molar-refractivity contribution in [1.29, 1.82) is 0 Å². The first-order valence-corrected chi connectivity index (χ1v) is 5.89. The average molecular weight is 270 g/mol. The molecule has 0 aliphatic carbocycles. The summed E-state index contributed by atoms with van der Waals surface area (Å²) in [4.78, 5) is 22.1. The van der Waals surface area contributed by atoms with E-state index in [-0.39, 0.29) is 6.54 Å². The molecule has 0 aromatic heterocycles. The number of rotatable bonds is 3. The van der Waals surface area contributed by atoms with Crippen LogP contribution in [-0.2, 0) is 11.3 Å². The van der Waals surface area contributed by atoms with Crippen LogP contribution in [0.25, 0.3) is 0 Å². The van der Waals surface area contributed by atoms with Crippen LogP contribution in [0.3, 0.4) is 0 Å². The van der Waals surface area contributed by atoms with E-state index >= 15 is 0 Å². The molecule has 0 spiro atoms. The number of hydrogen-bond acceptors (Lipinski definition) is 3. The van der Waals surface area contributed by atoms with E-state index in [0.717, 1.165) is 5.56 Å². The molecule has 1 aromatic rings. The second-order valence-corrected chi connectivity index (χ2v) is 5.30. The molecule has 18 heavy (non-hydrogen) atoms. The molecule has 0 fully saturated rings. The minimum Gasteiger partial charge on any atom is -0.444 e. The Morgan fingerprint density at radius 1 is 1.39 bits per heavy atom. The first-order valence-electron chi connectivity index (χ1n) is 5.51. The summed E-state index contributed by atoms with van der Waals surface area (Å²) < 4.78 is 5.09. The SMILES string of the molecule is CC(C)(C)OC(=O)NCc1cc(Cl)cc(C=O)c1. The Bertz CT molecular complexity index is 452. The lowest BCUT2D eigenvalue weighted by atomic mass is 10.1. The van der Waals surface area contributed by atoms with Crippen LogP contribution < -0.4 is 5.32 Å². The third-order valence-corrected chi connectivity index (χ3v) is 2.17. The molecule has 0 bridgehead atoms. The minimum absolute atomic E-state index is 0.260. The van der Waals surface area contributed by atoms with Gasteiger partial charge in [-0.1, -0.05) is 11.6 Å². The molecular formula is C13H16ClNO3. The number of aldehydes is 1. The highest BCUT2D eigenvalue weighted by atomic mass is 35.5. The van der Waals surface area contributed by atoms with E-state index in [0.29, 0.717) is 16.9 Å². The number of ether oxygens (including phenoxy) is 1. The lowest BCUT2D eigenvalue weighted by molar-refractivity contribution is 0.0523. The van der Waals surface area contributed by atoms with Crippen molar-refractivity contribution in [3.05, 3.63) is 34.3 Å². The standard InChI is InChI=1S/C13H16ClNO3/c1-13(2,3)18-12(17)15-7-9-4-10(8-16)6-11(14)5-9/h4-6,8H,7H2,1-3H3,(H,15,17). The predicted octanol–water partition coefficient (Wildman–Crippen LogP) is 3.18. The van der Waals surface area contributed by atoms with Gasteiger partial charge in [-0.3, -0.25) is 4.79 Å². The first-order chi connectivity index (χ1) is 8.30. The van der Waals surface area contributed by atoms with Crippen molar-refractivity contribution < 1.29 is 14.3 Å². The lowest BCUT2D eigenvalue weighted by Gasteiger charge is -2.19. The van der Waals surface area contributed by atoms with Gasteiger partial charge in [0.15, 0.2) is 0 Å². The Kier molecular flexibility index (Phi) is 4.73. The van der Waals surface area contributed by atoms with Gasteiger partial charge in [0.1, 0.15) is 11.9 Å². The van der Waals surface area contributed by atoms with Gasteiger partial charge in [0.2, 0.25) is 0 Å². The fraction of sp³-hybridized carbons (Fsp3) is 0.385. The Balaban J connectivity index is 2.61. The highest BCUT2D eigenvalue weighted by molar-refractivity contribution is 6.30. The van der Waals surface area contributed by atoms with Crippen LogP contribution in [0.1, 0.15) is 36.7 Å². The maximum Gasteiger partial charge on any atom is 0.407 e. The van der Waals surface area contributed by atoms with Crippen LogP contribution >= 0.6 is 11.6 Å². The maximum atomic E-state index is 11.4. The quantitative estimate of drug-likeness (QED) is 0.858. The summed E-state index contributed by atoms with van der Waals surface area (Å²) in [5.41, 5.74) is 0.686. The molecule has 0 saturated heterocycles. The van der Waals surface area contributed by atoms with E-state index in [4.69, 9.17) is 16.3 Å². The Hall–Kier alpha value is -1.55. The Labute approximate surface area is 111 Å². The van der Waals surface area contributed by atoms with Gasteiger partial charge in [0.05, 0.1) is 0 Å². The molecule has 0 aliphatic heterocycles. The third-order valence-electron chi connectivity index (χ3n) is 1.95. The van der Waals surface area contributed by atoms with E-state index in [1.165, 1.54) is 0 Å². The summed E-state index contributed by atoms with van der Waals surface area (Å²) in [7, 11) is 0. The van der Waals surface area contributed by atoms with Gasteiger partial charge in [-0.2, -0.15) is 0 Å². The van der Waals surface area contributed by atoms with Crippen molar-refractivity contribution >= 4 is 24.0 Å². The molecule has 0 unspecified atom stereocenters. The summed E-state index contributed by atoms with van der Waals surface area (Å²) in [6.45, 7) is 5.62. The third kappa shape index (κ3) is 5.19. The molecule has 0 atom stereocenters. The zero-order valence-corrected chi connectivity index (χ0v) is 11.4. The maximum absolute atomic E-state index is 11.4. The minimum atomic E-state index is -0.535. The van der Waals surface area contributed by atoms with Gasteiger partial charge >= 0.3 is 6.09 Å². The highest BCUT2D eigenvalue weighted by Crippen LogP contribution is 2.14. The van der Waals surface area contributed by atoms with Gasteiger partial charge in [-0.15, -0.1) is 0 Å². The van der Waals surface area contributed by atoms with Gasteiger partial charge in [0, 0.05) is 17.1 Å². The van der Waals surface area contributed by atoms with Crippen LogP contribution in [0.2, 0.25) is 5.02 Å². The summed E-state index contributed by atoms with van der Waals surface area (Å²) in [6.07, 6.45) is 0.207. The molecule has 0 heterocycles. The zero-order chi connectivity index (χ0) is 13.8. The van der Waals surface area contributed by atoms with Crippen LogP contribution in [0.15, 0.2) is 18.2 Å². The van der Waals surface area contributed by atoms with Crippen molar-refractivity contribution in [3.63, 3.8) is 0 Å². The number of nitrogens with one attached hydrogen (secondary N) is 1. The predicted molar refractivity (Wildman–Crippen MR) is 69.9 cm³/mol. The molecule has 1 aromatic carbocycles. The van der Waals surface area contributed by atoms with Crippen molar-refractivity contribution in [2.45, 2.75) is 32.9 Å². The van der Waals surface area contributed by atoms with E-state index in [1.807, 2.05) is 0 Å². The molecular weight excluding hydrogens is 254 g/mol.